The van der Waals surface area contributed by atoms with Crippen molar-refractivity contribution in [3.8, 4) is 10.7 Å². The minimum Gasteiger partial charge on any atom is -0.326 e. The van der Waals surface area contributed by atoms with E-state index in [0.29, 0.717) is 5.92 Å². The first-order chi connectivity index (χ1) is 13.1. The fourth-order valence-corrected chi connectivity index (χ4v) is 4.71. The Morgan fingerprint density at radius 3 is 2.78 bits per heavy atom. The van der Waals surface area contributed by atoms with E-state index < -0.39 is 0 Å². The summed E-state index contributed by atoms with van der Waals surface area (Å²) in [4.78, 5) is 23.3. The van der Waals surface area contributed by atoms with Gasteiger partial charge in [0.15, 0.2) is 0 Å². The molecule has 4 nitrogen and oxygen atoms in total. The molecule has 5 heteroatoms. The molecule has 1 N–H and O–H groups in total. The molecule has 1 unspecified atom stereocenters. The van der Waals surface area contributed by atoms with E-state index in [1.165, 1.54) is 10.4 Å². The molecule has 27 heavy (non-hydrogen) atoms. The minimum atomic E-state index is -0.00486. The molecule has 1 aromatic carbocycles. The van der Waals surface area contributed by atoms with Crippen molar-refractivity contribution in [3.63, 3.8) is 0 Å². The van der Waals surface area contributed by atoms with Gasteiger partial charge < -0.3 is 5.32 Å². The number of hydrogen-bond donors (Lipinski definition) is 1. The summed E-state index contributed by atoms with van der Waals surface area (Å²) in [6.07, 6.45) is 4.24. The molecule has 0 radical (unpaired) electrons. The number of carbonyl (C=O) groups excluding carboxylic acids is 1. The van der Waals surface area contributed by atoms with Crippen LogP contribution in [0.4, 0.5) is 5.69 Å². The van der Waals surface area contributed by atoms with E-state index in [2.05, 4.69) is 30.2 Å². The third-order valence-corrected chi connectivity index (χ3v) is 6.18. The summed E-state index contributed by atoms with van der Waals surface area (Å²) in [5.74, 6) is 0.484. The molecular weight excluding hydrogens is 354 g/mol. The molecular formula is C22H23N3OS. The van der Waals surface area contributed by atoms with Gasteiger partial charge in [-0.2, -0.15) is 0 Å². The van der Waals surface area contributed by atoms with Gasteiger partial charge in [-0.15, -0.1) is 11.3 Å². The summed E-state index contributed by atoms with van der Waals surface area (Å²) < 4.78 is 0. The summed E-state index contributed by atoms with van der Waals surface area (Å²) in [5.41, 5.74) is 4.15. The number of carbonyl (C=O) groups is 1. The van der Waals surface area contributed by atoms with E-state index in [1.807, 2.05) is 36.4 Å². The normalized spacial score (nSPS) is 16.2. The Hall–Kier alpha value is -2.53. The number of para-hydroxylation sites is 1. The van der Waals surface area contributed by atoms with Crippen molar-refractivity contribution < 1.29 is 4.79 Å². The highest BCUT2D eigenvalue weighted by atomic mass is 32.1. The maximum absolute atomic E-state index is 12.9. The molecule has 1 atom stereocenters. The number of nitrogens with one attached hydrogen (secondary N) is 1. The second-order valence-corrected chi connectivity index (χ2v) is 8.36. The molecule has 2 aromatic heterocycles. The van der Waals surface area contributed by atoms with Crippen LogP contribution >= 0.6 is 11.3 Å². The van der Waals surface area contributed by atoms with Crippen molar-refractivity contribution in [2.45, 2.75) is 39.0 Å². The minimum absolute atomic E-state index is 0.00486. The first-order valence-electron chi connectivity index (χ1n) is 9.41. The number of fused-ring (bicyclic) bond motifs is 1. The van der Waals surface area contributed by atoms with E-state index in [4.69, 9.17) is 4.98 Å². The molecule has 3 aromatic rings. The van der Waals surface area contributed by atoms with Gasteiger partial charge in [0.25, 0.3) is 0 Å². The van der Waals surface area contributed by atoms with Crippen LogP contribution in [0.5, 0.6) is 0 Å². The zero-order chi connectivity index (χ0) is 18.8. The highest BCUT2D eigenvalue weighted by Gasteiger charge is 2.28. The van der Waals surface area contributed by atoms with E-state index >= 15 is 0 Å². The molecule has 2 heterocycles. The number of nitrogens with zero attached hydrogens (tertiary/aromatic N) is 2. The number of hydrogen-bond acceptors (Lipinski definition) is 4. The fourth-order valence-electron chi connectivity index (χ4n) is 3.55. The summed E-state index contributed by atoms with van der Waals surface area (Å²) in [6.45, 7) is 4.29. The Kier molecular flexibility index (Phi) is 5.03. The predicted molar refractivity (Wildman–Crippen MR) is 110 cm³/mol. The zero-order valence-electron chi connectivity index (χ0n) is 15.6. The van der Waals surface area contributed by atoms with E-state index in [-0.39, 0.29) is 11.8 Å². The van der Waals surface area contributed by atoms with Crippen LogP contribution in [0, 0.1) is 5.92 Å². The third kappa shape index (κ3) is 3.78. The van der Waals surface area contributed by atoms with Gasteiger partial charge in [0.1, 0.15) is 5.01 Å². The van der Waals surface area contributed by atoms with Crippen molar-refractivity contribution in [1.82, 2.24) is 9.97 Å². The predicted octanol–water partition coefficient (Wildman–Crippen LogP) is 5.07. The maximum Gasteiger partial charge on any atom is 0.227 e. The largest absolute Gasteiger partial charge is 0.326 e. The second-order valence-electron chi connectivity index (χ2n) is 7.27. The van der Waals surface area contributed by atoms with Gasteiger partial charge in [0.05, 0.1) is 11.4 Å². The van der Waals surface area contributed by atoms with Crippen LogP contribution in [-0.4, -0.2) is 15.9 Å². The first-order valence-corrected chi connectivity index (χ1v) is 10.2. The molecule has 0 spiro atoms. The monoisotopic (exact) mass is 377 g/mol. The Morgan fingerprint density at radius 1 is 1.19 bits per heavy atom. The average Bonchev–Trinajstić information content (AvgIpc) is 3.12. The zero-order valence-corrected chi connectivity index (χ0v) is 16.4. The number of pyridine rings is 1. The lowest BCUT2D eigenvalue weighted by molar-refractivity contribution is -0.120. The lowest BCUT2D eigenvalue weighted by Gasteiger charge is -2.22. The van der Waals surface area contributed by atoms with Gasteiger partial charge in [0.2, 0.25) is 5.91 Å². The Balaban J connectivity index is 1.50. The highest BCUT2D eigenvalue weighted by molar-refractivity contribution is 7.15. The number of aromatic nitrogens is 2. The fraction of sp³-hybridized carbons (Fsp3) is 0.318. The molecule has 4 rings (SSSR count). The standard InChI is InChI=1S/C22H23N3OS/c1-14(2)16-7-3-4-8-17(16)24-21(26)15-10-11-18-20(13-15)27-22(25-18)19-9-5-6-12-23-19/h3-9,12,14-15H,10-11,13H2,1-2H3,(H,24,26). The van der Waals surface area contributed by atoms with Crippen molar-refractivity contribution in [3.05, 3.63) is 64.8 Å². The molecule has 0 fully saturated rings. The van der Waals surface area contributed by atoms with Crippen LogP contribution < -0.4 is 5.32 Å². The van der Waals surface area contributed by atoms with Crippen molar-refractivity contribution >= 4 is 22.9 Å². The van der Waals surface area contributed by atoms with Crippen molar-refractivity contribution in [1.29, 1.82) is 0 Å². The smallest absolute Gasteiger partial charge is 0.227 e. The summed E-state index contributed by atoms with van der Waals surface area (Å²) in [7, 11) is 0. The topological polar surface area (TPSA) is 54.9 Å². The number of benzene rings is 1. The lowest BCUT2D eigenvalue weighted by Crippen LogP contribution is -2.28. The molecule has 0 saturated heterocycles. The number of aryl methyl sites for hydroxylation is 1. The van der Waals surface area contributed by atoms with Crippen molar-refractivity contribution in [2.24, 2.45) is 5.92 Å². The third-order valence-electron chi connectivity index (χ3n) is 5.04. The highest BCUT2D eigenvalue weighted by Crippen LogP contribution is 2.34. The van der Waals surface area contributed by atoms with Gasteiger partial charge >= 0.3 is 0 Å². The summed E-state index contributed by atoms with van der Waals surface area (Å²) in [5, 5.41) is 4.11. The molecule has 1 aliphatic rings. The molecule has 1 amide bonds. The molecule has 1 aliphatic carbocycles. The summed E-state index contributed by atoms with van der Waals surface area (Å²) in [6, 6.07) is 13.9. The van der Waals surface area contributed by atoms with Gasteiger partial charge in [-0.1, -0.05) is 38.1 Å². The second kappa shape index (κ2) is 7.61. The molecule has 0 bridgehead atoms. The van der Waals surface area contributed by atoms with E-state index in [9.17, 15) is 4.79 Å². The Bertz CT molecular complexity index is 949. The average molecular weight is 378 g/mol. The molecule has 138 valence electrons. The van der Waals surface area contributed by atoms with Gasteiger partial charge in [0, 0.05) is 22.7 Å². The first kappa shape index (κ1) is 17.9. The van der Waals surface area contributed by atoms with E-state index in [1.54, 1.807) is 17.5 Å². The van der Waals surface area contributed by atoms with Crippen LogP contribution in [0.25, 0.3) is 10.7 Å². The van der Waals surface area contributed by atoms with Gasteiger partial charge in [-0.05, 0) is 48.9 Å². The van der Waals surface area contributed by atoms with Crippen LogP contribution in [0.15, 0.2) is 48.7 Å². The van der Waals surface area contributed by atoms with Crippen LogP contribution in [0.3, 0.4) is 0 Å². The maximum atomic E-state index is 12.9. The number of anilines is 1. The van der Waals surface area contributed by atoms with Crippen LogP contribution in [0.1, 0.15) is 42.3 Å². The van der Waals surface area contributed by atoms with E-state index in [0.717, 1.165) is 41.3 Å². The van der Waals surface area contributed by atoms with Crippen molar-refractivity contribution in [2.75, 3.05) is 5.32 Å². The molecule has 0 aliphatic heterocycles. The Labute approximate surface area is 163 Å². The van der Waals surface area contributed by atoms with Gasteiger partial charge in [-0.3, -0.25) is 9.78 Å². The number of rotatable bonds is 4. The van der Waals surface area contributed by atoms with Crippen LogP contribution in [0.2, 0.25) is 0 Å². The molecule has 0 saturated carbocycles. The Morgan fingerprint density at radius 2 is 2.00 bits per heavy atom. The quantitative estimate of drug-likeness (QED) is 0.690. The number of amides is 1. The SMILES string of the molecule is CC(C)c1ccccc1NC(=O)C1CCc2nc(-c3ccccn3)sc2C1. The lowest BCUT2D eigenvalue weighted by atomic mass is 9.90. The summed E-state index contributed by atoms with van der Waals surface area (Å²) >= 11 is 1.67. The van der Waals surface area contributed by atoms with Crippen LogP contribution in [-0.2, 0) is 17.6 Å². The van der Waals surface area contributed by atoms with Gasteiger partial charge in [-0.25, -0.2) is 4.98 Å². The number of thiazole rings is 1.